The third-order valence-corrected chi connectivity index (χ3v) is 2.76. The number of aliphatic hydroxyl groups excluding tert-OH is 2. The van der Waals surface area contributed by atoms with Gasteiger partial charge in [-0.15, -0.1) is 0 Å². The molecule has 0 fully saturated rings. The number of carbonyl (C=O) groups is 1. The number of hydrogen-bond donors (Lipinski definition) is 3. The molecule has 0 aliphatic heterocycles. The molecule has 0 saturated heterocycles. The Balaban J connectivity index is 0.000000621. The fourth-order valence-corrected chi connectivity index (χ4v) is 1.56. The van der Waals surface area contributed by atoms with Crippen molar-refractivity contribution in [2.45, 2.75) is 46.1 Å². The minimum atomic E-state index is -0.772. The average molecular weight is 282 g/mol. The molecule has 0 amide bonds. The van der Waals surface area contributed by atoms with Gasteiger partial charge in [0.2, 0.25) is 0 Å². The molecule has 0 radical (unpaired) electrons. The van der Waals surface area contributed by atoms with E-state index in [0.717, 1.165) is 12.0 Å². The lowest BCUT2D eigenvalue weighted by molar-refractivity contribution is -0.138. The van der Waals surface area contributed by atoms with E-state index < -0.39 is 18.0 Å². The highest BCUT2D eigenvalue weighted by Crippen LogP contribution is 2.17. The van der Waals surface area contributed by atoms with Crippen LogP contribution in [0.2, 0.25) is 0 Å². The summed E-state index contributed by atoms with van der Waals surface area (Å²) in [5.41, 5.74) is 2.14. The molecule has 0 aliphatic rings. The topological polar surface area (TPSA) is 77.8 Å². The molecule has 0 saturated carbocycles. The van der Waals surface area contributed by atoms with Crippen molar-refractivity contribution in [2.24, 2.45) is 5.92 Å². The summed E-state index contributed by atoms with van der Waals surface area (Å²) in [4.78, 5) is 10.8. The standard InChI is InChI=1S/C13H18O2.C3H8O2/c1-9(2)8-11-4-6-12(7-5-11)10(3)13(14)15;1-3(5)2-4/h4-7,9-10H,8H2,1-3H3,(H,14,15);3-5H,2H2,1H3. The smallest absolute Gasteiger partial charge is 0.310 e. The van der Waals surface area contributed by atoms with Gasteiger partial charge in [-0.3, -0.25) is 4.79 Å². The van der Waals surface area contributed by atoms with Crippen LogP contribution in [0.3, 0.4) is 0 Å². The van der Waals surface area contributed by atoms with Gasteiger partial charge < -0.3 is 15.3 Å². The van der Waals surface area contributed by atoms with Gasteiger partial charge in [0.15, 0.2) is 0 Å². The summed E-state index contributed by atoms with van der Waals surface area (Å²) in [7, 11) is 0. The van der Waals surface area contributed by atoms with Gasteiger partial charge in [0.05, 0.1) is 18.6 Å². The van der Waals surface area contributed by atoms with Crippen LogP contribution in [0.5, 0.6) is 0 Å². The third-order valence-electron chi connectivity index (χ3n) is 2.76. The van der Waals surface area contributed by atoms with E-state index in [4.69, 9.17) is 15.3 Å². The number of benzene rings is 1. The van der Waals surface area contributed by atoms with E-state index in [9.17, 15) is 4.79 Å². The molecule has 2 unspecified atom stereocenters. The number of carboxylic acids is 1. The number of carboxylic acid groups (broad SMARTS) is 1. The predicted octanol–water partition coefficient (Wildman–Crippen LogP) is 2.43. The summed E-state index contributed by atoms with van der Waals surface area (Å²) in [6.07, 6.45) is 0.483. The summed E-state index contributed by atoms with van der Waals surface area (Å²) in [6.45, 7) is 7.45. The first-order chi connectivity index (χ1) is 9.27. The second-order valence-corrected chi connectivity index (χ2v) is 5.43. The fourth-order valence-electron chi connectivity index (χ4n) is 1.56. The zero-order valence-electron chi connectivity index (χ0n) is 12.7. The summed E-state index contributed by atoms with van der Waals surface area (Å²) >= 11 is 0. The van der Waals surface area contributed by atoms with Gasteiger partial charge in [0.25, 0.3) is 0 Å². The Morgan fingerprint density at radius 2 is 1.55 bits per heavy atom. The molecular formula is C16H26O4. The Bertz CT molecular complexity index is 382. The quantitative estimate of drug-likeness (QED) is 0.775. The van der Waals surface area contributed by atoms with E-state index in [1.165, 1.54) is 12.5 Å². The van der Waals surface area contributed by atoms with Crippen LogP contribution < -0.4 is 0 Å². The van der Waals surface area contributed by atoms with Crippen molar-refractivity contribution in [3.8, 4) is 0 Å². The summed E-state index contributed by atoms with van der Waals surface area (Å²) in [6, 6.07) is 7.87. The Kier molecular flexibility index (Phi) is 8.84. The lowest BCUT2D eigenvalue weighted by Crippen LogP contribution is -2.07. The molecule has 1 aromatic carbocycles. The van der Waals surface area contributed by atoms with Gasteiger partial charge in [-0.25, -0.2) is 0 Å². The minimum absolute atomic E-state index is 0.139. The van der Waals surface area contributed by atoms with Gasteiger partial charge in [-0.1, -0.05) is 38.1 Å². The highest BCUT2D eigenvalue weighted by Gasteiger charge is 2.12. The van der Waals surface area contributed by atoms with Crippen LogP contribution in [0, 0.1) is 5.92 Å². The molecule has 2 atom stereocenters. The first-order valence-corrected chi connectivity index (χ1v) is 6.88. The van der Waals surface area contributed by atoms with Crippen LogP contribution in [0.25, 0.3) is 0 Å². The van der Waals surface area contributed by atoms with Crippen molar-refractivity contribution in [2.75, 3.05) is 6.61 Å². The molecule has 0 aromatic heterocycles. The maximum Gasteiger partial charge on any atom is 0.310 e. The zero-order valence-corrected chi connectivity index (χ0v) is 12.7. The number of rotatable bonds is 5. The Hall–Kier alpha value is -1.39. The molecule has 1 rings (SSSR count). The molecule has 0 aliphatic carbocycles. The van der Waals surface area contributed by atoms with E-state index in [1.54, 1.807) is 6.92 Å². The molecule has 20 heavy (non-hydrogen) atoms. The largest absolute Gasteiger partial charge is 0.481 e. The normalized spacial score (nSPS) is 13.3. The van der Waals surface area contributed by atoms with Crippen molar-refractivity contribution in [1.29, 1.82) is 0 Å². The molecule has 3 N–H and O–H groups in total. The van der Waals surface area contributed by atoms with Crippen molar-refractivity contribution in [1.82, 2.24) is 0 Å². The van der Waals surface area contributed by atoms with Gasteiger partial charge in [0, 0.05) is 0 Å². The molecule has 114 valence electrons. The summed E-state index contributed by atoms with van der Waals surface area (Å²) in [5, 5.41) is 24.9. The van der Waals surface area contributed by atoms with Crippen LogP contribution >= 0.6 is 0 Å². The second-order valence-electron chi connectivity index (χ2n) is 5.43. The minimum Gasteiger partial charge on any atom is -0.481 e. The van der Waals surface area contributed by atoms with Gasteiger partial charge >= 0.3 is 5.97 Å². The van der Waals surface area contributed by atoms with E-state index in [0.29, 0.717) is 5.92 Å². The summed E-state index contributed by atoms with van der Waals surface area (Å²) < 4.78 is 0. The first kappa shape index (κ1) is 18.6. The van der Waals surface area contributed by atoms with Crippen molar-refractivity contribution < 1.29 is 20.1 Å². The maximum absolute atomic E-state index is 10.8. The molecular weight excluding hydrogens is 256 g/mol. The van der Waals surface area contributed by atoms with Crippen LogP contribution in [0.1, 0.15) is 44.7 Å². The Morgan fingerprint density at radius 1 is 1.10 bits per heavy atom. The predicted molar refractivity (Wildman–Crippen MR) is 79.8 cm³/mol. The van der Waals surface area contributed by atoms with Crippen molar-refractivity contribution >= 4 is 5.97 Å². The Labute approximate surface area is 121 Å². The van der Waals surface area contributed by atoms with E-state index >= 15 is 0 Å². The van der Waals surface area contributed by atoms with Crippen LogP contribution in [0.15, 0.2) is 24.3 Å². The lowest BCUT2D eigenvalue weighted by atomic mass is 9.97. The maximum atomic E-state index is 10.8. The van der Waals surface area contributed by atoms with Gasteiger partial charge in [-0.2, -0.15) is 0 Å². The number of aliphatic carboxylic acids is 1. The molecule has 1 aromatic rings. The second kappa shape index (κ2) is 9.50. The van der Waals surface area contributed by atoms with Crippen molar-refractivity contribution in [3.63, 3.8) is 0 Å². The average Bonchev–Trinajstić information content (AvgIpc) is 2.38. The Morgan fingerprint density at radius 3 is 1.85 bits per heavy atom. The number of hydrogen-bond acceptors (Lipinski definition) is 3. The molecule has 4 heteroatoms. The SMILES string of the molecule is CC(C)Cc1ccc(C(C)C(=O)O)cc1.CC(O)CO. The molecule has 0 bridgehead atoms. The van der Waals surface area contributed by atoms with Crippen molar-refractivity contribution in [3.05, 3.63) is 35.4 Å². The summed E-state index contributed by atoms with van der Waals surface area (Å²) in [5.74, 6) is -0.558. The zero-order chi connectivity index (χ0) is 15.7. The molecule has 0 spiro atoms. The van der Waals surface area contributed by atoms with E-state index in [2.05, 4.69) is 13.8 Å². The van der Waals surface area contributed by atoms with E-state index in [1.807, 2.05) is 24.3 Å². The van der Waals surface area contributed by atoms with E-state index in [-0.39, 0.29) is 6.61 Å². The highest BCUT2D eigenvalue weighted by atomic mass is 16.4. The van der Waals surface area contributed by atoms with Crippen LogP contribution in [-0.2, 0) is 11.2 Å². The monoisotopic (exact) mass is 282 g/mol. The van der Waals surface area contributed by atoms with Gasteiger partial charge in [-0.05, 0) is 37.3 Å². The first-order valence-electron chi connectivity index (χ1n) is 6.88. The number of aliphatic hydroxyl groups is 2. The lowest BCUT2D eigenvalue weighted by Gasteiger charge is -2.09. The van der Waals surface area contributed by atoms with Gasteiger partial charge in [0.1, 0.15) is 0 Å². The third kappa shape index (κ3) is 7.92. The molecule has 0 heterocycles. The van der Waals surface area contributed by atoms with Crippen LogP contribution in [0.4, 0.5) is 0 Å². The van der Waals surface area contributed by atoms with Crippen LogP contribution in [-0.4, -0.2) is 34.0 Å². The fraction of sp³-hybridized carbons (Fsp3) is 0.562. The molecule has 4 nitrogen and oxygen atoms in total. The highest BCUT2D eigenvalue weighted by molar-refractivity contribution is 5.75.